The quantitative estimate of drug-likeness (QED) is 0.342. The molecule has 0 N–H and O–H groups in total. The number of carbonyl (C=O) groups excluding carboxylic acids is 1. The number of aromatic nitrogens is 5. The second kappa shape index (κ2) is 9.58. The molecule has 3 heterocycles. The average molecular weight is 529 g/mol. The number of ether oxygens (including phenoxy) is 1. The zero-order chi connectivity index (χ0) is 27.2. The van der Waals surface area contributed by atoms with Gasteiger partial charge in [-0.15, -0.1) is 5.10 Å². The molecule has 0 bridgehead atoms. The maximum absolute atomic E-state index is 14.5. The molecule has 0 fully saturated rings. The van der Waals surface area contributed by atoms with Crippen LogP contribution in [0.25, 0.3) is 16.9 Å². The molecule has 4 aromatic rings. The lowest BCUT2D eigenvalue weighted by molar-refractivity contribution is -0.134. The zero-order valence-electron chi connectivity index (χ0n) is 20.8. The molecule has 1 atom stereocenters. The van der Waals surface area contributed by atoms with Crippen LogP contribution in [0.3, 0.4) is 0 Å². The number of nitrogens with zero attached hydrogens (tertiary/aromatic N) is 6. The number of alkyl halides is 3. The highest BCUT2D eigenvalue weighted by Crippen LogP contribution is 2.36. The van der Waals surface area contributed by atoms with E-state index in [1.807, 2.05) is 30.7 Å². The van der Waals surface area contributed by atoms with Crippen LogP contribution < -0.4 is 9.64 Å². The number of methoxy groups -OCH3 is 1. The monoisotopic (exact) mass is 528 g/mol. The molecule has 0 radical (unpaired) electrons. The summed E-state index contributed by atoms with van der Waals surface area (Å²) in [6.45, 7) is 2.23. The number of anilines is 1. The van der Waals surface area contributed by atoms with Gasteiger partial charge >= 0.3 is 6.18 Å². The maximum Gasteiger partial charge on any atom is 0.406 e. The van der Waals surface area contributed by atoms with Gasteiger partial charge in [0.05, 0.1) is 30.4 Å². The van der Waals surface area contributed by atoms with Gasteiger partial charge in [0.1, 0.15) is 35.7 Å². The van der Waals surface area contributed by atoms with E-state index in [0.717, 1.165) is 17.2 Å². The molecular formula is C26H24F4N6O2. The molecule has 38 heavy (non-hydrogen) atoms. The number of rotatable bonds is 5. The van der Waals surface area contributed by atoms with E-state index in [1.54, 1.807) is 12.1 Å². The van der Waals surface area contributed by atoms with E-state index < -0.39 is 30.5 Å². The van der Waals surface area contributed by atoms with Crippen LogP contribution >= 0.6 is 0 Å². The van der Waals surface area contributed by atoms with Gasteiger partial charge in [-0.1, -0.05) is 17.3 Å². The standard InChI is InChI=1S/C26H24F4N6O2/c1-15-12-34(16(2)31-15)22-9-7-17(11-24(22)38-3)20-13-36(33-32-20)23-10-8-18-19(27)5-4-6-21(18)35(25(23)37)14-26(28,29)30/h4-7,9,11-13,23H,8,10,14H2,1-3H3/t23-/m1/s1. The molecule has 1 amide bonds. The van der Waals surface area contributed by atoms with Crippen LogP contribution in [0.15, 0.2) is 48.8 Å². The van der Waals surface area contributed by atoms with E-state index in [1.165, 1.54) is 36.2 Å². The zero-order valence-corrected chi connectivity index (χ0v) is 20.8. The number of aryl methyl sites for hydroxylation is 2. The van der Waals surface area contributed by atoms with Crippen molar-refractivity contribution in [3.05, 3.63) is 71.7 Å². The van der Waals surface area contributed by atoms with E-state index in [4.69, 9.17) is 4.74 Å². The summed E-state index contributed by atoms with van der Waals surface area (Å²) in [5, 5.41) is 8.23. The van der Waals surface area contributed by atoms with Gasteiger partial charge in [-0.05, 0) is 51.0 Å². The first kappa shape index (κ1) is 25.4. The summed E-state index contributed by atoms with van der Waals surface area (Å²) in [4.78, 5) is 18.4. The molecule has 8 nitrogen and oxygen atoms in total. The average Bonchev–Trinajstić information content (AvgIpc) is 3.45. The number of amides is 1. The minimum absolute atomic E-state index is 0.0610. The molecule has 2 aromatic heterocycles. The Labute approximate surface area is 215 Å². The van der Waals surface area contributed by atoms with E-state index in [2.05, 4.69) is 15.3 Å². The van der Waals surface area contributed by atoms with Gasteiger partial charge in [-0.25, -0.2) is 14.1 Å². The van der Waals surface area contributed by atoms with Crippen molar-refractivity contribution in [1.29, 1.82) is 0 Å². The molecule has 0 saturated heterocycles. The van der Waals surface area contributed by atoms with Crippen molar-refractivity contribution in [3.8, 4) is 22.7 Å². The lowest BCUT2D eigenvalue weighted by Gasteiger charge is -2.26. The minimum atomic E-state index is -4.67. The Hall–Kier alpha value is -4.22. The normalized spacial score (nSPS) is 15.9. The van der Waals surface area contributed by atoms with E-state index >= 15 is 0 Å². The third-order valence-corrected chi connectivity index (χ3v) is 6.51. The van der Waals surface area contributed by atoms with Crippen LogP contribution in [0.1, 0.15) is 29.5 Å². The Morgan fingerprint density at radius 3 is 2.58 bits per heavy atom. The number of benzene rings is 2. The molecule has 5 rings (SSSR count). The topological polar surface area (TPSA) is 78.1 Å². The van der Waals surface area contributed by atoms with Crippen LogP contribution in [0.2, 0.25) is 0 Å². The van der Waals surface area contributed by atoms with Gasteiger partial charge in [0.2, 0.25) is 0 Å². The highest BCUT2D eigenvalue weighted by Gasteiger charge is 2.40. The Morgan fingerprint density at radius 1 is 1.11 bits per heavy atom. The number of hydrogen-bond acceptors (Lipinski definition) is 5. The van der Waals surface area contributed by atoms with Gasteiger partial charge in [-0.3, -0.25) is 4.79 Å². The van der Waals surface area contributed by atoms with Crippen LogP contribution in [-0.4, -0.2) is 50.3 Å². The molecule has 1 aliphatic heterocycles. The fraction of sp³-hybridized carbons (Fsp3) is 0.308. The number of fused-ring (bicyclic) bond motifs is 1. The smallest absolute Gasteiger partial charge is 0.406 e. The van der Waals surface area contributed by atoms with Crippen LogP contribution in [-0.2, 0) is 11.2 Å². The second-order valence-corrected chi connectivity index (χ2v) is 9.10. The summed E-state index contributed by atoms with van der Waals surface area (Å²) in [5.41, 5.74) is 2.64. The van der Waals surface area contributed by atoms with Crippen molar-refractivity contribution in [2.45, 2.75) is 38.9 Å². The van der Waals surface area contributed by atoms with Crippen molar-refractivity contribution >= 4 is 11.6 Å². The molecule has 0 spiro atoms. The third kappa shape index (κ3) is 4.73. The molecule has 1 aliphatic rings. The molecule has 198 valence electrons. The highest BCUT2D eigenvalue weighted by molar-refractivity contribution is 5.97. The third-order valence-electron chi connectivity index (χ3n) is 6.51. The van der Waals surface area contributed by atoms with E-state index in [9.17, 15) is 22.4 Å². The lowest BCUT2D eigenvalue weighted by atomic mass is 10.1. The molecule has 12 heteroatoms. The van der Waals surface area contributed by atoms with Crippen molar-refractivity contribution in [2.75, 3.05) is 18.6 Å². The van der Waals surface area contributed by atoms with Gasteiger partial charge in [0.15, 0.2) is 0 Å². The SMILES string of the molecule is COc1cc(-c2cn([C@@H]3CCc4c(F)cccc4N(CC(F)(F)F)C3=O)nn2)ccc1-n1cc(C)nc1C. The summed E-state index contributed by atoms with van der Waals surface area (Å²) in [7, 11) is 1.54. The molecule has 0 unspecified atom stereocenters. The van der Waals surface area contributed by atoms with Crippen molar-refractivity contribution < 1.29 is 27.1 Å². The van der Waals surface area contributed by atoms with Gasteiger partial charge in [0, 0.05) is 17.3 Å². The van der Waals surface area contributed by atoms with E-state index in [0.29, 0.717) is 21.9 Å². The number of halogens is 4. The Balaban J connectivity index is 1.48. The highest BCUT2D eigenvalue weighted by atomic mass is 19.4. The predicted molar refractivity (Wildman–Crippen MR) is 131 cm³/mol. The lowest BCUT2D eigenvalue weighted by Crippen LogP contribution is -2.42. The molecule has 0 saturated carbocycles. The van der Waals surface area contributed by atoms with Crippen molar-refractivity contribution in [2.24, 2.45) is 0 Å². The van der Waals surface area contributed by atoms with Crippen LogP contribution in [0.4, 0.5) is 23.2 Å². The number of hydrogen-bond donors (Lipinski definition) is 0. The Kier molecular flexibility index (Phi) is 6.41. The van der Waals surface area contributed by atoms with Gasteiger partial charge in [-0.2, -0.15) is 13.2 Å². The van der Waals surface area contributed by atoms with Crippen molar-refractivity contribution in [1.82, 2.24) is 24.5 Å². The number of imidazole rings is 1. The predicted octanol–water partition coefficient (Wildman–Crippen LogP) is 4.98. The second-order valence-electron chi connectivity index (χ2n) is 9.10. The fourth-order valence-electron chi connectivity index (χ4n) is 4.80. The summed E-state index contributed by atoms with van der Waals surface area (Å²) in [5.74, 6) is -0.155. The van der Waals surface area contributed by atoms with Gasteiger partial charge in [0.25, 0.3) is 5.91 Å². The summed E-state index contributed by atoms with van der Waals surface area (Å²) >= 11 is 0. The summed E-state index contributed by atoms with van der Waals surface area (Å²) in [6.07, 6.45) is -1.16. The maximum atomic E-state index is 14.5. The summed E-state index contributed by atoms with van der Waals surface area (Å²) < 4.78 is 63.5. The van der Waals surface area contributed by atoms with Gasteiger partial charge < -0.3 is 14.2 Å². The molecule has 0 aliphatic carbocycles. The summed E-state index contributed by atoms with van der Waals surface area (Å²) in [6, 6.07) is 8.10. The molecule has 2 aromatic carbocycles. The first-order chi connectivity index (χ1) is 18.1. The van der Waals surface area contributed by atoms with Crippen LogP contribution in [0.5, 0.6) is 5.75 Å². The largest absolute Gasteiger partial charge is 0.495 e. The fourth-order valence-corrected chi connectivity index (χ4v) is 4.80. The molecular weight excluding hydrogens is 504 g/mol. The Bertz CT molecular complexity index is 1510. The van der Waals surface area contributed by atoms with Crippen LogP contribution in [0, 0.1) is 19.7 Å². The first-order valence-electron chi connectivity index (χ1n) is 11.8. The first-order valence-corrected chi connectivity index (χ1v) is 11.8. The Morgan fingerprint density at radius 2 is 1.89 bits per heavy atom. The number of carbonyl (C=O) groups is 1. The van der Waals surface area contributed by atoms with E-state index in [-0.39, 0.29) is 24.1 Å². The van der Waals surface area contributed by atoms with Crippen molar-refractivity contribution in [3.63, 3.8) is 0 Å². The minimum Gasteiger partial charge on any atom is -0.495 e.